The molecular formula is C27H50OSi. The maximum atomic E-state index is 6.64. The van der Waals surface area contributed by atoms with Crippen molar-refractivity contribution in [3.05, 3.63) is 0 Å². The molecule has 0 fully saturated rings. The van der Waals surface area contributed by atoms with Crippen molar-refractivity contribution in [2.45, 2.75) is 149 Å². The predicted molar refractivity (Wildman–Crippen MR) is 134 cm³/mol. The molecule has 0 aliphatic rings. The second-order valence-corrected chi connectivity index (χ2v) is 14.7. The number of rotatable bonds is 14. The van der Waals surface area contributed by atoms with Crippen molar-refractivity contribution in [3.8, 4) is 23.7 Å². The van der Waals surface area contributed by atoms with Crippen LogP contribution in [0.15, 0.2) is 0 Å². The summed E-state index contributed by atoms with van der Waals surface area (Å²) in [6.45, 7) is 16.1. The first-order valence-corrected chi connectivity index (χ1v) is 15.3. The van der Waals surface area contributed by atoms with Crippen LogP contribution in [0.1, 0.15) is 125 Å². The quantitative estimate of drug-likeness (QED) is 0.155. The van der Waals surface area contributed by atoms with Crippen LogP contribution in [0.4, 0.5) is 0 Å². The minimum atomic E-state index is -1.79. The first-order valence-electron chi connectivity index (χ1n) is 12.4. The summed E-state index contributed by atoms with van der Waals surface area (Å²) in [7, 11) is -1.79. The molecule has 0 aliphatic heterocycles. The lowest BCUT2D eigenvalue weighted by Crippen LogP contribution is -2.43. The van der Waals surface area contributed by atoms with Gasteiger partial charge in [0.1, 0.15) is 6.10 Å². The van der Waals surface area contributed by atoms with Gasteiger partial charge in [0.15, 0.2) is 8.32 Å². The monoisotopic (exact) mass is 418 g/mol. The van der Waals surface area contributed by atoms with E-state index < -0.39 is 8.32 Å². The lowest BCUT2D eigenvalue weighted by Gasteiger charge is -2.38. The van der Waals surface area contributed by atoms with E-state index in [1.165, 1.54) is 70.6 Å². The van der Waals surface area contributed by atoms with Gasteiger partial charge in [-0.05, 0) is 37.4 Å². The highest BCUT2D eigenvalue weighted by Crippen LogP contribution is 2.37. The van der Waals surface area contributed by atoms with Gasteiger partial charge in [-0.3, -0.25) is 0 Å². The highest BCUT2D eigenvalue weighted by atomic mass is 28.4. The molecule has 1 nitrogen and oxygen atoms in total. The topological polar surface area (TPSA) is 9.23 Å². The highest BCUT2D eigenvalue weighted by molar-refractivity contribution is 6.74. The van der Waals surface area contributed by atoms with E-state index in [1.54, 1.807) is 0 Å². The van der Waals surface area contributed by atoms with Crippen molar-refractivity contribution in [2.75, 3.05) is 0 Å². The van der Waals surface area contributed by atoms with Crippen LogP contribution in [0.5, 0.6) is 0 Å². The maximum Gasteiger partial charge on any atom is 0.193 e. The number of unbranched alkanes of at least 4 members (excludes halogenated alkanes) is 10. The van der Waals surface area contributed by atoms with E-state index in [4.69, 9.17) is 4.43 Å². The summed E-state index contributed by atoms with van der Waals surface area (Å²) in [4.78, 5) is 0. The molecule has 1 atom stereocenters. The first kappa shape index (κ1) is 28.3. The Morgan fingerprint density at radius 2 is 1.28 bits per heavy atom. The smallest absolute Gasteiger partial charge is 0.193 e. The van der Waals surface area contributed by atoms with Crippen molar-refractivity contribution in [1.29, 1.82) is 0 Å². The molecule has 168 valence electrons. The highest BCUT2D eigenvalue weighted by Gasteiger charge is 2.38. The van der Waals surface area contributed by atoms with Crippen molar-refractivity contribution in [1.82, 2.24) is 0 Å². The Kier molecular flexibility index (Phi) is 16.6. The van der Waals surface area contributed by atoms with Gasteiger partial charge in [0.25, 0.3) is 0 Å². The molecule has 0 aromatic carbocycles. The zero-order chi connectivity index (χ0) is 22.0. The number of hydrogen-bond donors (Lipinski definition) is 0. The molecule has 0 saturated heterocycles. The van der Waals surface area contributed by atoms with Crippen LogP contribution in [-0.4, -0.2) is 14.4 Å². The Hall–Kier alpha value is -0.703. The van der Waals surface area contributed by atoms with Gasteiger partial charge in [-0.2, -0.15) is 0 Å². The second-order valence-electron chi connectivity index (χ2n) is 9.94. The summed E-state index contributed by atoms with van der Waals surface area (Å²) in [6, 6.07) is 0. The van der Waals surface area contributed by atoms with Crippen molar-refractivity contribution < 1.29 is 4.43 Å². The van der Waals surface area contributed by atoms with Gasteiger partial charge < -0.3 is 4.43 Å². The zero-order valence-electron chi connectivity index (χ0n) is 20.9. The molecule has 0 N–H and O–H groups in total. The molecule has 0 bridgehead atoms. The van der Waals surface area contributed by atoms with E-state index in [2.05, 4.69) is 71.4 Å². The fraction of sp³-hybridized carbons (Fsp3) is 0.852. The van der Waals surface area contributed by atoms with Gasteiger partial charge in [-0.1, -0.05) is 110 Å². The van der Waals surface area contributed by atoms with E-state index in [-0.39, 0.29) is 11.1 Å². The number of hydrogen-bond acceptors (Lipinski definition) is 1. The Bertz CT molecular complexity index is 507. The summed E-state index contributed by atoms with van der Waals surface area (Å²) < 4.78 is 6.64. The van der Waals surface area contributed by atoms with Crippen molar-refractivity contribution >= 4 is 8.32 Å². The minimum absolute atomic E-state index is 0.0814. The summed E-state index contributed by atoms with van der Waals surface area (Å²) >= 11 is 0. The van der Waals surface area contributed by atoms with E-state index in [0.29, 0.717) is 6.42 Å². The summed E-state index contributed by atoms with van der Waals surface area (Å²) in [5.41, 5.74) is 0. The molecule has 0 rings (SSSR count). The van der Waals surface area contributed by atoms with Crippen LogP contribution in [0.2, 0.25) is 18.1 Å². The van der Waals surface area contributed by atoms with E-state index in [0.717, 1.165) is 12.8 Å². The molecule has 29 heavy (non-hydrogen) atoms. The van der Waals surface area contributed by atoms with Gasteiger partial charge in [-0.15, -0.1) is 5.92 Å². The van der Waals surface area contributed by atoms with Crippen LogP contribution in [0.25, 0.3) is 0 Å². The molecule has 0 aliphatic carbocycles. The third kappa shape index (κ3) is 15.8. The third-order valence-corrected chi connectivity index (χ3v) is 10.5. The molecule has 2 heteroatoms. The van der Waals surface area contributed by atoms with Crippen LogP contribution >= 0.6 is 0 Å². The van der Waals surface area contributed by atoms with Crippen LogP contribution in [0.3, 0.4) is 0 Å². The van der Waals surface area contributed by atoms with E-state index in [1.807, 2.05) is 0 Å². The van der Waals surface area contributed by atoms with Crippen molar-refractivity contribution in [3.63, 3.8) is 0 Å². The largest absolute Gasteiger partial charge is 0.403 e. The molecule has 0 unspecified atom stereocenters. The SMILES string of the molecule is CCCCCC#CCC#C[C@@H](CCCCCCCCCC)O[Si](C)(C)C(C)(C)C. The average Bonchev–Trinajstić information content (AvgIpc) is 2.64. The van der Waals surface area contributed by atoms with Crippen LogP contribution < -0.4 is 0 Å². The molecule has 0 aromatic heterocycles. The van der Waals surface area contributed by atoms with Crippen LogP contribution in [-0.2, 0) is 4.43 Å². The molecule has 0 radical (unpaired) electrons. The molecule has 0 saturated carbocycles. The fourth-order valence-electron chi connectivity index (χ4n) is 2.98. The van der Waals surface area contributed by atoms with Gasteiger partial charge in [-0.25, -0.2) is 0 Å². The van der Waals surface area contributed by atoms with E-state index in [9.17, 15) is 0 Å². The molecule has 0 aromatic rings. The molecule has 0 amide bonds. The summed E-state index contributed by atoms with van der Waals surface area (Å²) in [5.74, 6) is 13.2. The fourth-order valence-corrected chi connectivity index (χ4v) is 4.22. The Morgan fingerprint density at radius 3 is 1.86 bits per heavy atom. The average molecular weight is 419 g/mol. The maximum absolute atomic E-state index is 6.64. The van der Waals surface area contributed by atoms with Gasteiger partial charge in [0.05, 0.1) is 6.42 Å². The van der Waals surface area contributed by atoms with E-state index >= 15 is 0 Å². The molecule has 0 heterocycles. The lowest BCUT2D eigenvalue weighted by atomic mass is 10.1. The third-order valence-electron chi connectivity index (χ3n) is 6.03. The standard InChI is InChI=1S/C27H50OSi/c1-8-10-12-14-16-18-20-22-24-26(28-29(6,7)27(3,4)5)25-23-21-19-17-15-13-11-9-2/h26H,8-16,18,20-22,24H2,1-7H3/t26-/m1/s1. The van der Waals surface area contributed by atoms with Gasteiger partial charge >= 0.3 is 0 Å². The lowest BCUT2D eigenvalue weighted by molar-refractivity contribution is 0.219. The predicted octanol–water partition coefficient (Wildman–Crippen LogP) is 8.88. The van der Waals surface area contributed by atoms with Crippen LogP contribution in [0, 0.1) is 23.7 Å². The van der Waals surface area contributed by atoms with Gasteiger partial charge in [0.2, 0.25) is 0 Å². The first-order chi connectivity index (χ1) is 13.7. The minimum Gasteiger partial charge on any atom is -0.403 e. The zero-order valence-corrected chi connectivity index (χ0v) is 21.9. The summed E-state index contributed by atoms with van der Waals surface area (Å²) in [5, 5.41) is 0.227. The second kappa shape index (κ2) is 17.0. The molecule has 0 spiro atoms. The normalized spacial score (nSPS) is 12.7. The Morgan fingerprint density at radius 1 is 0.724 bits per heavy atom. The molecular weight excluding hydrogens is 368 g/mol. The van der Waals surface area contributed by atoms with Gasteiger partial charge in [0, 0.05) is 6.42 Å². The Labute approximate surface area is 185 Å². The summed E-state index contributed by atoms with van der Waals surface area (Å²) in [6.07, 6.45) is 17.4. The Balaban J connectivity index is 4.50. The van der Waals surface area contributed by atoms with Crippen molar-refractivity contribution in [2.24, 2.45) is 0 Å².